The lowest BCUT2D eigenvalue weighted by atomic mass is 10.1. The molecule has 0 radical (unpaired) electrons. The summed E-state index contributed by atoms with van der Waals surface area (Å²) in [6.07, 6.45) is -0.334. The van der Waals surface area contributed by atoms with Crippen molar-refractivity contribution in [3.05, 3.63) is 0 Å². The highest BCUT2D eigenvalue weighted by Crippen LogP contribution is 1.94. The normalized spacial score (nSPS) is 16.7. The fourth-order valence-electron chi connectivity index (χ4n) is 0.946. The first-order valence-electron chi connectivity index (χ1n) is 4.79. The van der Waals surface area contributed by atoms with E-state index in [2.05, 4.69) is 10.6 Å². The highest BCUT2D eigenvalue weighted by molar-refractivity contribution is 5.76. The summed E-state index contributed by atoms with van der Waals surface area (Å²) in [7, 11) is 0. The maximum absolute atomic E-state index is 11.0. The second-order valence-corrected chi connectivity index (χ2v) is 3.49. The van der Waals surface area contributed by atoms with E-state index in [-0.39, 0.29) is 18.4 Å². The van der Waals surface area contributed by atoms with Crippen LogP contribution in [0.25, 0.3) is 0 Å². The standard InChI is InChI=1S/C7H14N2O2.C2H4O2/c1-5(10)2-7(11)9-6-3-8-4-6;1-2(3)4/h5-6,8,10H,2-4H2,1H3,(H,9,11);1H3,(H,3,4). The van der Waals surface area contributed by atoms with Crippen LogP contribution in [0.15, 0.2) is 0 Å². The fraction of sp³-hybridized carbons (Fsp3) is 0.778. The highest BCUT2D eigenvalue weighted by Gasteiger charge is 2.18. The Bertz CT molecular complexity index is 210. The Morgan fingerprint density at radius 3 is 2.27 bits per heavy atom. The number of aliphatic carboxylic acids is 1. The fourth-order valence-corrected chi connectivity index (χ4v) is 0.946. The van der Waals surface area contributed by atoms with E-state index in [1.807, 2.05) is 0 Å². The molecule has 1 rings (SSSR count). The SMILES string of the molecule is CC(=O)O.CC(O)CC(=O)NC1CNC1. The van der Waals surface area contributed by atoms with Crippen LogP contribution in [0.4, 0.5) is 0 Å². The first kappa shape index (κ1) is 13.9. The molecule has 1 saturated heterocycles. The van der Waals surface area contributed by atoms with Gasteiger partial charge in [-0.1, -0.05) is 0 Å². The molecule has 0 saturated carbocycles. The Balaban J connectivity index is 0.000000423. The van der Waals surface area contributed by atoms with E-state index in [4.69, 9.17) is 15.0 Å². The lowest BCUT2D eigenvalue weighted by Gasteiger charge is -2.28. The van der Waals surface area contributed by atoms with Crippen LogP contribution < -0.4 is 10.6 Å². The van der Waals surface area contributed by atoms with Gasteiger partial charge in [0.15, 0.2) is 0 Å². The van der Waals surface area contributed by atoms with Gasteiger partial charge in [-0.25, -0.2) is 0 Å². The van der Waals surface area contributed by atoms with E-state index in [1.54, 1.807) is 6.92 Å². The molecule has 0 aromatic heterocycles. The average Bonchev–Trinajstić information content (AvgIpc) is 1.94. The Kier molecular flexibility index (Phi) is 6.64. The van der Waals surface area contributed by atoms with Crippen molar-refractivity contribution in [1.82, 2.24) is 10.6 Å². The predicted molar refractivity (Wildman–Crippen MR) is 54.4 cm³/mol. The van der Waals surface area contributed by atoms with Crippen molar-refractivity contribution in [3.63, 3.8) is 0 Å². The van der Waals surface area contributed by atoms with Gasteiger partial charge in [-0.2, -0.15) is 0 Å². The van der Waals surface area contributed by atoms with Crippen molar-refractivity contribution in [2.24, 2.45) is 0 Å². The molecule has 0 aromatic carbocycles. The number of hydrogen-bond donors (Lipinski definition) is 4. The van der Waals surface area contributed by atoms with Crippen molar-refractivity contribution in [1.29, 1.82) is 0 Å². The third-order valence-electron chi connectivity index (χ3n) is 1.63. The topological polar surface area (TPSA) is 98.7 Å². The molecule has 0 aliphatic carbocycles. The lowest BCUT2D eigenvalue weighted by molar-refractivity contribution is -0.134. The summed E-state index contributed by atoms with van der Waals surface area (Å²) >= 11 is 0. The van der Waals surface area contributed by atoms with Gasteiger partial charge in [-0.15, -0.1) is 0 Å². The predicted octanol–water partition coefficient (Wildman–Crippen LogP) is -1.06. The summed E-state index contributed by atoms with van der Waals surface area (Å²) in [6.45, 7) is 4.40. The molecule has 1 heterocycles. The number of hydrogen-bond acceptors (Lipinski definition) is 4. The lowest BCUT2D eigenvalue weighted by Crippen LogP contribution is -2.57. The Labute approximate surface area is 88.7 Å². The average molecular weight is 218 g/mol. The van der Waals surface area contributed by atoms with E-state index in [0.29, 0.717) is 0 Å². The van der Waals surface area contributed by atoms with Crippen LogP contribution in [0.1, 0.15) is 20.3 Å². The van der Waals surface area contributed by atoms with E-state index < -0.39 is 12.1 Å². The third-order valence-corrected chi connectivity index (χ3v) is 1.63. The minimum atomic E-state index is -0.833. The maximum atomic E-state index is 11.0. The quantitative estimate of drug-likeness (QED) is 0.484. The van der Waals surface area contributed by atoms with Gasteiger partial charge < -0.3 is 20.8 Å². The Morgan fingerprint density at radius 2 is 2.00 bits per heavy atom. The summed E-state index contributed by atoms with van der Waals surface area (Å²) in [6, 6.07) is 0.279. The van der Waals surface area contributed by atoms with Gasteiger partial charge in [-0.05, 0) is 6.92 Å². The zero-order valence-corrected chi connectivity index (χ0v) is 8.99. The number of carboxylic acids is 1. The highest BCUT2D eigenvalue weighted by atomic mass is 16.4. The van der Waals surface area contributed by atoms with Crippen LogP contribution in [0.2, 0.25) is 0 Å². The Morgan fingerprint density at radius 1 is 1.53 bits per heavy atom. The van der Waals surface area contributed by atoms with E-state index in [0.717, 1.165) is 20.0 Å². The number of nitrogens with one attached hydrogen (secondary N) is 2. The van der Waals surface area contributed by atoms with Crippen molar-refractivity contribution in [2.75, 3.05) is 13.1 Å². The number of carbonyl (C=O) groups excluding carboxylic acids is 1. The minimum absolute atomic E-state index is 0.0634. The summed E-state index contributed by atoms with van der Waals surface area (Å²) in [5.41, 5.74) is 0. The van der Waals surface area contributed by atoms with E-state index >= 15 is 0 Å². The van der Waals surface area contributed by atoms with Gasteiger partial charge in [-0.3, -0.25) is 9.59 Å². The molecule has 4 N–H and O–H groups in total. The van der Waals surface area contributed by atoms with Gasteiger partial charge in [0.1, 0.15) is 0 Å². The maximum Gasteiger partial charge on any atom is 0.300 e. The first-order chi connectivity index (χ1) is 6.91. The zero-order valence-electron chi connectivity index (χ0n) is 8.99. The molecule has 0 aromatic rings. The summed E-state index contributed by atoms with van der Waals surface area (Å²) < 4.78 is 0. The van der Waals surface area contributed by atoms with E-state index in [1.165, 1.54) is 0 Å². The van der Waals surface area contributed by atoms with Crippen LogP contribution in [0.3, 0.4) is 0 Å². The van der Waals surface area contributed by atoms with Crippen LogP contribution in [0, 0.1) is 0 Å². The zero-order chi connectivity index (χ0) is 11.8. The monoisotopic (exact) mass is 218 g/mol. The van der Waals surface area contributed by atoms with Gasteiger partial charge >= 0.3 is 0 Å². The molecule has 6 heteroatoms. The van der Waals surface area contributed by atoms with E-state index in [9.17, 15) is 4.79 Å². The van der Waals surface area contributed by atoms with Crippen LogP contribution in [-0.4, -0.2) is 47.3 Å². The smallest absolute Gasteiger partial charge is 0.300 e. The number of rotatable bonds is 3. The van der Waals surface area contributed by atoms with Crippen LogP contribution in [-0.2, 0) is 9.59 Å². The van der Waals surface area contributed by atoms with Crippen LogP contribution >= 0.6 is 0 Å². The number of carboxylic acid groups (broad SMARTS) is 1. The molecule has 88 valence electrons. The second-order valence-electron chi connectivity index (χ2n) is 3.49. The molecule has 1 fully saturated rings. The molecule has 1 atom stereocenters. The summed E-state index contributed by atoms with van der Waals surface area (Å²) in [5.74, 6) is -0.897. The van der Waals surface area contributed by atoms with Crippen LogP contribution in [0.5, 0.6) is 0 Å². The molecule has 0 bridgehead atoms. The Hall–Kier alpha value is -1.14. The van der Waals surface area contributed by atoms with Gasteiger partial charge in [0.05, 0.1) is 18.6 Å². The first-order valence-corrected chi connectivity index (χ1v) is 4.79. The summed E-state index contributed by atoms with van der Waals surface area (Å²) in [5, 5.41) is 22.1. The molecule has 0 spiro atoms. The van der Waals surface area contributed by atoms with Gasteiger partial charge in [0, 0.05) is 20.0 Å². The number of carbonyl (C=O) groups is 2. The molecule has 1 amide bonds. The number of aliphatic hydroxyl groups excluding tert-OH is 1. The molecule has 6 nitrogen and oxygen atoms in total. The minimum Gasteiger partial charge on any atom is -0.481 e. The number of amides is 1. The summed E-state index contributed by atoms with van der Waals surface area (Å²) in [4.78, 5) is 20.0. The van der Waals surface area contributed by atoms with Gasteiger partial charge in [0.2, 0.25) is 5.91 Å². The number of aliphatic hydroxyl groups is 1. The molecular weight excluding hydrogens is 200 g/mol. The molecular formula is C9H18N2O4. The van der Waals surface area contributed by atoms with Crippen molar-refractivity contribution in [3.8, 4) is 0 Å². The van der Waals surface area contributed by atoms with Crippen molar-refractivity contribution < 1.29 is 19.8 Å². The van der Waals surface area contributed by atoms with Gasteiger partial charge in [0.25, 0.3) is 5.97 Å². The molecule has 15 heavy (non-hydrogen) atoms. The molecule has 1 aliphatic rings. The van der Waals surface area contributed by atoms with Crippen molar-refractivity contribution in [2.45, 2.75) is 32.4 Å². The molecule has 1 unspecified atom stereocenters. The largest absolute Gasteiger partial charge is 0.481 e. The molecule has 1 aliphatic heterocycles. The second kappa shape index (κ2) is 7.19. The third kappa shape index (κ3) is 9.17. The van der Waals surface area contributed by atoms with Crippen molar-refractivity contribution >= 4 is 11.9 Å².